The molecule has 4 aromatic rings. The highest BCUT2D eigenvalue weighted by molar-refractivity contribution is 6.34. The highest BCUT2D eigenvalue weighted by Crippen LogP contribution is 2.28. The van der Waals surface area contributed by atoms with Gasteiger partial charge >= 0.3 is 5.97 Å². The van der Waals surface area contributed by atoms with E-state index >= 15 is 0 Å². The molecule has 166 valence electrons. The summed E-state index contributed by atoms with van der Waals surface area (Å²) in [7, 11) is 0. The molecule has 2 aromatic carbocycles. The van der Waals surface area contributed by atoms with Crippen molar-refractivity contribution in [2.45, 2.75) is 13.0 Å². The van der Waals surface area contributed by atoms with E-state index in [0.717, 1.165) is 6.07 Å². The molecule has 1 unspecified atom stereocenters. The third-order valence-corrected chi connectivity index (χ3v) is 5.10. The van der Waals surface area contributed by atoms with E-state index in [9.17, 15) is 19.7 Å². The maximum Gasteiger partial charge on any atom is 0.339 e. The van der Waals surface area contributed by atoms with Crippen LogP contribution in [-0.4, -0.2) is 27.9 Å². The number of amides is 1. The Morgan fingerprint density at radius 1 is 1.15 bits per heavy atom. The largest absolute Gasteiger partial charge is 0.463 e. The van der Waals surface area contributed by atoms with Crippen LogP contribution in [0, 0.1) is 10.1 Å². The third-order valence-electron chi connectivity index (χ3n) is 4.78. The first-order valence-corrected chi connectivity index (χ1v) is 10.1. The lowest BCUT2D eigenvalue weighted by atomic mass is 10.1. The predicted molar refractivity (Wildman–Crippen MR) is 121 cm³/mol. The first-order chi connectivity index (χ1) is 15.8. The number of nitro groups is 1. The van der Waals surface area contributed by atoms with Gasteiger partial charge in [-0.2, -0.15) is 0 Å². The monoisotopic (exact) mass is 465 g/mol. The average Bonchev–Trinajstić information content (AvgIpc) is 3.34. The van der Waals surface area contributed by atoms with Gasteiger partial charge in [-0.1, -0.05) is 29.8 Å². The molecule has 0 aliphatic heterocycles. The number of nitrogens with one attached hydrogen (secondary N) is 1. The zero-order valence-electron chi connectivity index (χ0n) is 17.2. The molecule has 0 radical (unpaired) electrons. The summed E-state index contributed by atoms with van der Waals surface area (Å²) < 4.78 is 10.8. The molecule has 10 heteroatoms. The maximum atomic E-state index is 13.0. The molecule has 1 amide bonds. The maximum absolute atomic E-state index is 13.0. The number of hydrogen-bond donors (Lipinski definition) is 1. The molecule has 9 nitrogen and oxygen atoms in total. The van der Waals surface area contributed by atoms with Gasteiger partial charge in [-0.3, -0.25) is 14.9 Å². The van der Waals surface area contributed by atoms with Crippen LogP contribution >= 0.6 is 11.6 Å². The Balaban J connectivity index is 1.55. The Morgan fingerprint density at radius 3 is 2.64 bits per heavy atom. The van der Waals surface area contributed by atoms with Crippen LogP contribution in [0.1, 0.15) is 17.3 Å². The van der Waals surface area contributed by atoms with Crippen molar-refractivity contribution in [1.29, 1.82) is 0 Å². The minimum Gasteiger partial charge on any atom is -0.463 e. The Bertz CT molecular complexity index is 1370. The van der Waals surface area contributed by atoms with E-state index in [0.29, 0.717) is 22.4 Å². The van der Waals surface area contributed by atoms with E-state index < -0.39 is 22.9 Å². The lowest BCUT2D eigenvalue weighted by molar-refractivity contribution is -0.384. The molecule has 1 atom stereocenters. The first-order valence-electron chi connectivity index (χ1n) is 9.73. The van der Waals surface area contributed by atoms with Crippen LogP contribution in [0.4, 0.5) is 11.4 Å². The Labute approximate surface area is 192 Å². The molecule has 2 aromatic heterocycles. The fourth-order valence-corrected chi connectivity index (χ4v) is 3.35. The van der Waals surface area contributed by atoms with E-state index in [1.165, 1.54) is 25.3 Å². The summed E-state index contributed by atoms with van der Waals surface area (Å²) >= 11 is 6.01. The minimum absolute atomic E-state index is 0.0145. The van der Waals surface area contributed by atoms with Crippen LogP contribution in [0.3, 0.4) is 0 Å². The topological polar surface area (TPSA) is 125 Å². The van der Waals surface area contributed by atoms with Crippen molar-refractivity contribution >= 4 is 45.8 Å². The van der Waals surface area contributed by atoms with Gasteiger partial charge in [0.1, 0.15) is 5.69 Å². The van der Waals surface area contributed by atoms with E-state index in [2.05, 4.69) is 10.3 Å². The van der Waals surface area contributed by atoms with Gasteiger partial charge < -0.3 is 14.5 Å². The van der Waals surface area contributed by atoms with Crippen molar-refractivity contribution in [3.05, 3.63) is 87.6 Å². The number of hydrogen-bond acceptors (Lipinski definition) is 7. The smallest absolute Gasteiger partial charge is 0.339 e. The van der Waals surface area contributed by atoms with E-state index in [4.69, 9.17) is 20.8 Å². The fraction of sp³-hybridized carbons (Fsp3) is 0.0870. The summed E-state index contributed by atoms with van der Waals surface area (Å²) in [6.45, 7) is 1.41. The van der Waals surface area contributed by atoms with Crippen LogP contribution in [0.25, 0.3) is 22.4 Å². The number of nitrogens with zero attached hydrogens (tertiary/aromatic N) is 2. The van der Waals surface area contributed by atoms with Crippen molar-refractivity contribution < 1.29 is 23.7 Å². The summed E-state index contributed by atoms with van der Waals surface area (Å²) in [6, 6.07) is 15.6. The van der Waals surface area contributed by atoms with Crippen LogP contribution in [-0.2, 0) is 9.53 Å². The number of pyridine rings is 1. The lowest BCUT2D eigenvalue weighted by Crippen LogP contribution is -2.30. The number of non-ortho nitro benzene ring substituents is 1. The Morgan fingerprint density at radius 2 is 1.94 bits per heavy atom. The molecule has 0 spiro atoms. The van der Waals surface area contributed by atoms with Crippen LogP contribution in [0.5, 0.6) is 0 Å². The summed E-state index contributed by atoms with van der Waals surface area (Å²) in [4.78, 5) is 40.3. The van der Waals surface area contributed by atoms with Crippen molar-refractivity contribution in [3.63, 3.8) is 0 Å². The molecule has 0 aliphatic carbocycles. The molecule has 2 heterocycles. The van der Waals surface area contributed by atoms with Gasteiger partial charge in [0.25, 0.3) is 11.6 Å². The highest BCUT2D eigenvalue weighted by Gasteiger charge is 2.23. The lowest BCUT2D eigenvalue weighted by Gasteiger charge is -2.15. The molecular weight excluding hydrogens is 450 g/mol. The van der Waals surface area contributed by atoms with Gasteiger partial charge in [0, 0.05) is 17.5 Å². The van der Waals surface area contributed by atoms with E-state index in [1.54, 1.807) is 42.5 Å². The van der Waals surface area contributed by atoms with Crippen LogP contribution < -0.4 is 5.32 Å². The Hall–Kier alpha value is -4.24. The first kappa shape index (κ1) is 22.0. The number of ether oxygens (including phenoxy) is 1. The Kier molecular flexibility index (Phi) is 6.05. The van der Waals surface area contributed by atoms with Crippen molar-refractivity contribution in [2.24, 2.45) is 0 Å². The number of halogens is 1. The van der Waals surface area contributed by atoms with E-state index in [-0.39, 0.29) is 22.0 Å². The number of anilines is 1. The molecule has 33 heavy (non-hydrogen) atoms. The molecule has 0 fully saturated rings. The fourth-order valence-electron chi connectivity index (χ4n) is 3.13. The second kappa shape index (κ2) is 9.09. The summed E-state index contributed by atoms with van der Waals surface area (Å²) in [5, 5.41) is 13.9. The number of para-hydroxylation sites is 1. The SMILES string of the molecule is CC(OC(=O)c1cc(-c2ccco2)nc2ccccc12)C(=O)Nc1ccc([N+](=O)[O-])cc1Cl. The minimum atomic E-state index is -1.18. The number of rotatable bonds is 6. The number of carbonyl (C=O) groups is 2. The quantitative estimate of drug-likeness (QED) is 0.234. The van der Waals surface area contributed by atoms with E-state index in [1.807, 2.05) is 0 Å². The second-order valence-corrected chi connectivity index (χ2v) is 7.41. The zero-order valence-corrected chi connectivity index (χ0v) is 17.9. The van der Waals surface area contributed by atoms with Gasteiger partial charge in [0.05, 0.1) is 33.0 Å². The number of furan rings is 1. The number of carbonyl (C=O) groups excluding carboxylic acids is 2. The standard InChI is InChI=1S/C23H16ClN3O6/c1-13(22(28)26-19-9-8-14(27(30)31)11-17(19)24)33-23(29)16-12-20(21-7-4-10-32-21)25-18-6-3-2-5-15(16)18/h2-13H,1H3,(H,26,28). The summed E-state index contributed by atoms with van der Waals surface area (Å²) in [6.07, 6.45) is 0.322. The molecule has 0 saturated heterocycles. The molecular formula is C23H16ClN3O6. The molecule has 1 N–H and O–H groups in total. The summed E-state index contributed by atoms with van der Waals surface area (Å²) in [5.41, 5.74) is 1.17. The number of aromatic nitrogens is 1. The molecule has 0 aliphatic rings. The van der Waals surface area contributed by atoms with Gasteiger partial charge in [-0.15, -0.1) is 0 Å². The van der Waals surface area contributed by atoms with Gasteiger partial charge in [-0.25, -0.2) is 9.78 Å². The number of benzene rings is 2. The molecule has 0 saturated carbocycles. The highest BCUT2D eigenvalue weighted by atomic mass is 35.5. The van der Waals surface area contributed by atoms with Crippen molar-refractivity contribution in [1.82, 2.24) is 4.98 Å². The van der Waals surface area contributed by atoms with Crippen LogP contribution in [0.15, 0.2) is 71.3 Å². The van der Waals surface area contributed by atoms with Gasteiger partial charge in [-0.05, 0) is 37.3 Å². The second-order valence-electron chi connectivity index (χ2n) is 7.01. The molecule has 0 bridgehead atoms. The number of esters is 1. The zero-order chi connectivity index (χ0) is 23.5. The van der Waals surface area contributed by atoms with Crippen LogP contribution in [0.2, 0.25) is 5.02 Å². The van der Waals surface area contributed by atoms with Crippen molar-refractivity contribution in [2.75, 3.05) is 5.32 Å². The average molecular weight is 466 g/mol. The predicted octanol–water partition coefficient (Wildman–Crippen LogP) is 5.24. The summed E-state index contributed by atoms with van der Waals surface area (Å²) in [5.74, 6) is -0.893. The normalized spacial score (nSPS) is 11.7. The number of fused-ring (bicyclic) bond motifs is 1. The van der Waals surface area contributed by atoms with Crippen molar-refractivity contribution in [3.8, 4) is 11.5 Å². The molecule has 4 rings (SSSR count). The number of nitro benzene ring substituents is 1. The van der Waals surface area contributed by atoms with Gasteiger partial charge in [0.15, 0.2) is 11.9 Å². The third kappa shape index (κ3) is 4.68. The van der Waals surface area contributed by atoms with Gasteiger partial charge in [0.2, 0.25) is 0 Å².